The average Bonchev–Trinajstić information content (AvgIpc) is 3.28. The fraction of sp³-hybridized carbons (Fsp3) is 0.238. The zero-order valence-electron chi connectivity index (χ0n) is 14.8. The molecular formula is C21H18O5S. The molecule has 0 N–H and O–H groups in total. The molecule has 0 saturated carbocycles. The van der Waals surface area contributed by atoms with Gasteiger partial charge in [0.05, 0.1) is 12.2 Å². The van der Waals surface area contributed by atoms with Crippen molar-refractivity contribution in [3.05, 3.63) is 65.4 Å². The molecule has 0 amide bonds. The SMILES string of the molecule is CCOC(=O)c1oc2ccccc2c1COC(=O)[C@H]1Cc2ccccc2S1. The topological polar surface area (TPSA) is 65.7 Å². The number of fused-ring (bicyclic) bond motifs is 2. The lowest BCUT2D eigenvalue weighted by atomic mass is 10.1. The van der Waals surface area contributed by atoms with E-state index in [2.05, 4.69) is 0 Å². The Kier molecular flexibility index (Phi) is 4.90. The zero-order chi connectivity index (χ0) is 18.8. The van der Waals surface area contributed by atoms with Crippen LogP contribution in [0.5, 0.6) is 0 Å². The van der Waals surface area contributed by atoms with Crippen LogP contribution in [0.1, 0.15) is 28.6 Å². The minimum absolute atomic E-state index is 0.0304. The molecule has 0 spiro atoms. The number of furan rings is 1. The number of rotatable bonds is 5. The van der Waals surface area contributed by atoms with Gasteiger partial charge in [0.2, 0.25) is 5.76 Å². The van der Waals surface area contributed by atoms with E-state index in [0.29, 0.717) is 17.6 Å². The normalized spacial score (nSPS) is 15.5. The van der Waals surface area contributed by atoms with Gasteiger partial charge in [-0.15, -0.1) is 11.8 Å². The number of carbonyl (C=O) groups excluding carboxylic acids is 2. The molecule has 0 fully saturated rings. The van der Waals surface area contributed by atoms with E-state index in [4.69, 9.17) is 13.9 Å². The van der Waals surface area contributed by atoms with E-state index >= 15 is 0 Å². The number of carbonyl (C=O) groups is 2. The first-order valence-corrected chi connectivity index (χ1v) is 9.64. The van der Waals surface area contributed by atoms with E-state index in [9.17, 15) is 9.59 Å². The average molecular weight is 382 g/mol. The number of ether oxygens (including phenoxy) is 2. The van der Waals surface area contributed by atoms with Crippen molar-refractivity contribution in [2.75, 3.05) is 6.61 Å². The molecule has 0 aliphatic carbocycles. The van der Waals surface area contributed by atoms with Gasteiger partial charge in [0.15, 0.2) is 0 Å². The molecule has 1 aliphatic heterocycles. The fourth-order valence-corrected chi connectivity index (χ4v) is 4.35. The maximum Gasteiger partial charge on any atom is 0.374 e. The molecule has 1 atom stereocenters. The number of hydrogen-bond donors (Lipinski definition) is 0. The van der Waals surface area contributed by atoms with E-state index in [-0.39, 0.29) is 30.2 Å². The largest absolute Gasteiger partial charge is 0.460 e. The number of hydrogen-bond acceptors (Lipinski definition) is 6. The first kappa shape index (κ1) is 17.7. The lowest BCUT2D eigenvalue weighted by molar-refractivity contribution is -0.144. The van der Waals surface area contributed by atoms with Crippen LogP contribution in [-0.4, -0.2) is 23.8 Å². The Morgan fingerprint density at radius 1 is 1.11 bits per heavy atom. The van der Waals surface area contributed by atoms with E-state index in [1.807, 2.05) is 42.5 Å². The Bertz CT molecular complexity index is 982. The third-order valence-electron chi connectivity index (χ3n) is 4.43. The van der Waals surface area contributed by atoms with Gasteiger partial charge in [0.1, 0.15) is 17.4 Å². The summed E-state index contributed by atoms with van der Waals surface area (Å²) in [6.45, 7) is 1.94. The molecule has 3 aromatic rings. The molecule has 0 unspecified atom stereocenters. The lowest BCUT2D eigenvalue weighted by Gasteiger charge is -2.09. The summed E-state index contributed by atoms with van der Waals surface area (Å²) < 4.78 is 16.3. The minimum Gasteiger partial charge on any atom is -0.460 e. The standard InChI is InChI=1S/C21H18O5S/c1-2-24-21(23)19-15(14-8-4-5-9-16(14)26-19)12-25-20(22)18-11-13-7-3-6-10-17(13)27-18/h3-10,18H,2,11-12H2,1H3/t18-/m1/s1. The molecule has 2 heterocycles. The van der Waals surface area contributed by atoms with Crippen molar-refractivity contribution in [1.29, 1.82) is 0 Å². The van der Waals surface area contributed by atoms with Gasteiger partial charge in [-0.25, -0.2) is 4.79 Å². The molecule has 138 valence electrons. The molecule has 4 rings (SSSR count). The van der Waals surface area contributed by atoms with Crippen LogP contribution in [0.15, 0.2) is 57.8 Å². The van der Waals surface area contributed by atoms with Gasteiger partial charge in [0.25, 0.3) is 0 Å². The molecule has 2 aromatic carbocycles. The summed E-state index contributed by atoms with van der Waals surface area (Å²) in [7, 11) is 0. The maximum atomic E-state index is 12.6. The van der Waals surface area contributed by atoms with Crippen molar-refractivity contribution >= 4 is 34.7 Å². The van der Waals surface area contributed by atoms with Crippen LogP contribution in [0.2, 0.25) is 0 Å². The Labute approximate surface area is 160 Å². The van der Waals surface area contributed by atoms with Gasteiger partial charge in [-0.1, -0.05) is 36.4 Å². The Hall–Kier alpha value is -2.73. The lowest BCUT2D eigenvalue weighted by Crippen LogP contribution is -2.20. The molecular weight excluding hydrogens is 364 g/mol. The molecule has 0 bridgehead atoms. The van der Waals surface area contributed by atoms with Gasteiger partial charge >= 0.3 is 11.9 Å². The van der Waals surface area contributed by atoms with Gasteiger partial charge in [-0.2, -0.15) is 0 Å². The van der Waals surface area contributed by atoms with E-state index in [1.54, 1.807) is 13.0 Å². The molecule has 6 heteroatoms. The van der Waals surface area contributed by atoms with E-state index in [0.717, 1.165) is 15.8 Å². The highest BCUT2D eigenvalue weighted by molar-refractivity contribution is 8.01. The van der Waals surface area contributed by atoms with Crippen molar-refractivity contribution in [3.8, 4) is 0 Å². The summed E-state index contributed by atoms with van der Waals surface area (Å²) in [6.07, 6.45) is 0.649. The first-order valence-electron chi connectivity index (χ1n) is 8.76. The maximum absolute atomic E-state index is 12.6. The Balaban J connectivity index is 1.52. The number of para-hydroxylation sites is 1. The van der Waals surface area contributed by atoms with Crippen LogP contribution in [0.25, 0.3) is 11.0 Å². The second-order valence-corrected chi connectivity index (χ2v) is 7.40. The number of esters is 2. The van der Waals surface area contributed by atoms with E-state index < -0.39 is 5.97 Å². The summed E-state index contributed by atoms with van der Waals surface area (Å²) in [5.74, 6) is -0.758. The molecule has 1 aliphatic rings. The molecule has 27 heavy (non-hydrogen) atoms. The molecule has 0 radical (unpaired) electrons. The van der Waals surface area contributed by atoms with Crippen LogP contribution in [0, 0.1) is 0 Å². The highest BCUT2D eigenvalue weighted by atomic mass is 32.2. The predicted octanol–water partition coefficient (Wildman–Crippen LogP) is 4.37. The molecule has 1 aromatic heterocycles. The minimum atomic E-state index is -0.553. The fourth-order valence-electron chi connectivity index (χ4n) is 3.15. The first-order chi connectivity index (χ1) is 13.2. The predicted molar refractivity (Wildman–Crippen MR) is 102 cm³/mol. The second kappa shape index (κ2) is 7.48. The van der Waals surface area contributed by atoms with Gasteiger partial charge in [-0.05, 0) is 31.0 Å². The highest BCUT2D eigenvalue weighted by Crippen LogP contribution is 2.37. The smallest absolute Gasteiger partial charge is 0.374 e. The summed E-state index contributed by atoms with van der Waals surface area (Å²) in [5.41, 5.74) is 2.26. The van der Waals surface area contributed by atoms with Crippen molar-refractivity contribution in [3.63, 3.8) is 0 Å². The summed E-state index contributed by atoms with van der Waals surface area (Å²) >= 11 is 1.51. The third kappa shape index (κ3) is 3.45. The number of benzene rings is 2. The van der Waals surface area contributed by atoms with Crippen LogP contribution in [0.3, 0.4) is 0 Å². The highest BCUT2D eigenvalue weighted by Gasteiger charge is 2.30. The van der Waals surface area contributed by atoms with Gasteiger partial charge < -0.3 is 13.9 Å². The third-order valence-corrected chi connectivity index (χ3v) is 5.72. The van der Waals surface area contributed by atoms with Crippen LogP contribution in [-0.2, 0) is 27.3 Å². The van der Waals surface area contributed by atoms with E-state index in [1.165, 1.54) is 11.8 Å². The quantitative estimate of drug-likeness (QED) is 0.611. The number of thioether (sulfide) groups is 1. The monoisotopic (exact) mass is 382 g/mol. The second-order valence-electron chi connectivity index (χ2n) is 6.15. The van der Waals surface area contributed by atoms with Crippen molar-refractivity contribution in [2.45, 2.75) is 30.1 Å². The van der Waals surface area contributed by atoms with Crippen molar-refractivity contribution in [2.24, 2.45) is 0 Å². The zero-order valence-corrected chi connectivity index (χ0v) is 15.6. The Morgan fingerprint density at radius 3 is 2.70 bits per heavy atom. The molecule has 0 saturated heterocycles. The molecule has 5 nitrogen and oxygen atoms in total. The van der Waals surface area contributed by atoms with Crippen LogP contribution in [0.4, 0.5) is 0 Å². The Morgan fingerprint density at radius 2 is 1.89 bits per heavy atom. The van der Waals surface area contributed by atoms with Gasteiger partial charge in [-0.3, -0.25) is 4.79 Å². The van der Waals surface area contributed by atoms with Crippen molar-refractivity contribution in [1.82, 2.24) is 0 Å². The summed E-state index contributed by atoms with van der Waals surface area (Å²) in [6, 6.07) is 15.2. The van der Waals surface area contributed by atoms with Crippen LogP contribution < -0.4 is 0 Å². The summed E-state index contributed by atoms with van der Waals surface area (Å²) in [5, 5.41) is 0.474. The summed E-state index contributed by atoms with van der Waals surface area (Å²) in [4.78, 5) is 25.9. The van der Waals surface area contributed by atoms with Crippen molar-refractivity contribution < 1.29 is 23.5 Å². The van der Waals surface area contributed by atoms with Crippen LogP contribution >= 0.6 is 11.8 Å². The van der Waals surface area contributed by atoms with Gasteiger partial charge in [0, 0.05) is 10.3 Å².